The second kappa shape index (κ2) is 7.31. The number of carbonyl (C=O) groups excluding carboxylic acids is 2. The van der Waals surface area contributed by atoms with Gasteiger partial charge in [-0.25, -0.2) is 0 Å². The lowest BCUT2D eigenvalue weighted by atomic mass is 9.97. The third kappa shape index (κ3) is 4.26. The second-order valence-corrected chi connectivity index (χ2v) is 4.59. The van der Waals surface area contributed by atoms with Gasteiger partial charge >= 0.3 is 5.97 Å². The zero-order valence-corrected chi connectivity index (χ0v) is 12.2. The van der Waals surface area contributed by atoms with Gasteiger partial charge in [-0.05, 0) is 30.5 Å². The number of halogens is 1. The zero-order valence-electron chi connectivity index (χ0n) is 10.7. The molecule has 1 rings (SSSR count). The highest BCUT2D eigenvalue weighted by Crippen LogP contribution is 2.16. The van der Waals surface area contributed by atoms with E-state index >= 15 is 0 Å². The molecule has 0 radical (unpaired) electrons. The maximum atomic E-state index is 11.5. The van der Waals surface area contributed by atoms with Crippen LogP contribution in [0.5, 0.6) is 0 Å². The molecular formula is C14H17BrO3. The van der Waals surface area contributed by atoms with Gasteiger partial charge in [0.05, 0.1) is 18.4 Å². The number of hydrogen-bond donors (Lipinski definition) is 0. The Balaban J connectivity index is 2.84. The number of benzene rings is 1. The lowest BCUT2D eigenvalue weighted by molar-refractivity contribution is -0.142. The van der Waals surface area contributed by atoms with E-state index in [1.165, 1.54) is 0 Å². The number of rotatable bonds is 6. The van der Waals surface area contributed by atoms with Crippen LogP contribution < -0.4 is 0 Å². The third-order valence-electron chi connectivity index (χ3n) is 2.73. The first kappa shape index (κ1) is 14.9. The number of Topliss-reactive ketones (excluding diaryl/α,β-unsaturated/α-hetero) is 1. The summed E-state index contributed by atoms with van der Waals surface area (Å²) in [4.78, 5) is 22.9. The highest BCUT2D eigenvalue weighted by Gasteiger charge is 2.11. The molecule has 0 saturated carbocycles. The number of ketones is 1. The monoisotopic (exact) mass is 312 g/mol. The number of hydrogen-bond acceptors (Lipinski definition) is 3. The van der Waals surface area contributed by atoms with E-state index in [2.05, 4.69) is 15.9 Å². The predicted molar refractivity (Wildman–Crippen MR) is 74.0 cm³/mol. The van der Waals surface area contributed by atoms with E-state index in [0.717, 1.165) is 16.7 Å². The number of esters is 1. The van der Waals surface area contributed by atoms with Crippen LogP contribution in [0.25, 0.3) is 0 Å². The van der Waals surface area contributed by atoms with E-state index in [9.17, 15) is 9.59 Å². The van der Waals surface area contributed by atoms with Crippen molar-refractivity contribution in [3.05, 3.63) is 34.9 Å². The standard InChI is InChI=1S/C14H17BrO3/c1-3-18-14(17)8-12-6-4-5-11(10(12)2)7-13(16)9-15/h4-6H,3,7-9H2,1-2H3. The van der Waals surface area contributed by atoms with Gasteiger partial charge in [-0.2, -0.15) is 0 Å². The van der Waals surface area contributed by atoms with Crippen molar-refractivity contribution >= 4 is 27.7 Å². The van der Waals surface area contributed by atoms with Crippen LogP contribution in [0.2, 0.25) is 0 Å². The zero-order chi connectivity index (χ0) is 13.5. The van der Waals surface area contributed by atoms with Crippen LogP contribution in [0.3, 0.4) is 0 Å². The van der Waals surface area contributed by atoms with E-state index in [-0.39, 0.29) is 18.2 Å². The average Bonchev–Trinajstić information content (AvgIpc) is 2.34. The molecule has 0 N–H and O–H groups in total. The van der Waals surface area contributed by atoms with E-state index in [1.807, 2.05) is 25.1 Å². The molecule has 18 heavy (non-hydrogen) atoms. The van der Waals surface area contributed by atoms with Crippen molar-refractivity contribution < 1.29 is 14.3 Å². The van der Waals surface area contributed by atoms with E-state index in [1.54, 1.807) is 6.92 Å². The molecule has 4 heteroatoms. The molecule has 0 spiro atoms. The van der Waals surface area contributed by atoms with Gasteiger partial charge in [0.15, 0.2) is 0 Å². The molecule has 98 valence electrons. The second-order valence-electron chi connectivity index (χ2n) is 4.03. The fourth-order valence-electron chi connectivity index (χ4n) is 1.75. The minimum atomic E-state index is -0.232. The molecule has 0 aliphatic carbocycles. The summed E-state index contributed by atoms with van der Waals surface area (Å²) in [6, 6.07) is 5.69. The SMILES string of the molecule is CCOC(=O)Cc1cccc(CC(=O)CBr)c1C. The summed E-state index contributed by atoms with van der Waals surface area (Å²) in [7, 11) is 0. The molecule has 0 bridgehead atoms. The Morgan fingerprint density at radius 1 is 1.22 bits per heavy atom. The first-order valence-corrected chi connectivity index (χ1v) is 7.01. The van der Waals surface area contributed by atoms with Crippen molar-refractivity contribution in [2.45, 2.75) is 26.7 Å². The van der Waals surface area contributed by atoms with Crippen LogP contribution in [0.15, 0.2) is 18.2 Å². The topological polar surface area (TPSA) is 43.4 Å². The smallest absolute Gasteiger partial charge is 0.310 e. The molecule has 0 unspecified atom stereocenters. The summed E-state index contributed by atoms with van der Waals surface area (Å²) >= 11 is 3.15. The van der Waals surface area contributed by atoms with Crippen molar-refractivity contribution in [1.82, 2.24) is 0 Å². The Morgan fingerprint density at radius 3 is 2.39 bits per heavy atom. The van der Waals surface area contributed by atoms with Crippen molar-refractivity contribution in [1.29, 1.82) is 0 Å². The van der Waals surface area contributed by atoms with Crippen LogP contribution in [0.4, 0.5) is 0 Å². The highest BCUT2D eigenvalue weighted by molar-refractivity contribution is 9.09. The first-order valence-electron chi connectivity index (χ1n) is 5.89. The number of carbonyl (C=O) groups is 2. The minimum absolute atomic E-state index is 0.131. The molecule has 0 atom stereocenters. The summed E-state index contributed by atoms with van der Waals surface area (Å²) in [5, 5.41) is 0.356. The molecule has 3 nitrogen and oxygen atoms in total. The molecule has 0 aliphatic heterocycles. The summed E-state index contributed by atoms with van der Waals surface area (Å²) in [5.74, 6) is -0.101. The number of alkyl halides is 1. The maximum absolute atomic E-state index is 11.5. The number of ether oxygens (including phenoxy) is 1. The molecule has 0 aliphatic rings. The van der Waals surface area contributed by atoms with Crippen LogP contribution in [-0.4, -0.2) is 23.7 Å². The Morgan fingerprint density at radius 2 is 1.83 bits per heavy atom. The molecular weight excluding hydrogens is 296 g/mol. The predicted octanol–water partition coefficient (Wildman–Crippen LogP) is 2.61. The Bertz CT molecular complexity index is 441. The van der Waals surface area contributed by atoms with Crippen LogP contribution in [-0.2, 0) is 27.2 Å². The summed E-state index contributed by atoms with van der Waals surface area (Å²) in [6.07, 6.45) is 0.657. The fourth-order valence-corrected chi connectivity index (χ4v) is 1.95. The van der Waals surface area contributed by atoms with Gasteiger partial charge in [0.1, 0.15) is 5.78 Å². The van der Waals surface area contributed by atoms with Crippen molar-refractivity contribution in [3.63, 3.8) is 0 Å². The molecule has 0 fully saturated rings. The van der Waals surface area contributed by atoms with E-state index < -0.39 is 0 Å². The lowest BCUT2D eigenvalue weighted by Gasteiger charge is -2.10. The van der Waals surface area contributed by atoms with Gasteiger partial charge in [0.25, 0.3) is 0 Å². The Hall–Kier alpha value is -1.16. The Kier molecular flexibility index (Phi) is 6.05. The van der Waals surface area contributed by atoms with Crippen LogP contribution in [0, 0.1) is 6.92 Å². The average molecular weight is 313 g/mol. The van der Waals surface area contributed by atoms with Gasteiger partial charge in [-0.1, -0.05) is 34.1 Å². The van der Waals surface area contributed by atoms with Crippen LogP contribution >= 0.6 is 15.9 Å². The fraction of sp³-hybridized carbons (Fsp3) is 0.429. The molecule has 0 aromatic heterocycles. The van der Waals surface area contributed by atoms with Gasteiger partial charge < -0.3 is 4.74 Å². The van der Waals surface area contributed by atoms with E-state index in [4.69, 9.17) is 4.74 Å². The first-order chi connectivity index (χ1) is 8.58. The van der Waals surface area contributed by atoms with Gasteiger partial charge in [-0.15, -0.1) is 0 Å². The van der Waals surface area contributed by atoms with Gasteiger partial charge in [0.2, 0.25) is 0 Å². The molecule has 0 heterocycles. The summed E-state index contributed by atoms with van der Waals surface area (Å²) in [6.45, 7) is 4.11. The summed E-state index contributed by atoms with van der Waals surface area (Å²) < 4.78 is 4.93. The van der Waals surface area contributed by atoms with Crippen molar-refractivity contribution in [2.75, 3.05) is 11.9 Å². The quantitative estimate of drug-likeness (QED) is 0.599. The highest BCUT2D eigenvalue weighted by atomic mass is 79.9. The maximum Gasteiger partial charge on any atom is 0.310 e. The molecule has 0 saturated heterocycles. The van der Waals surface area contributed by atoms with Gasteiger partial charge in [-0.3, -0.25) is 9.59 Å². The normalized spacial score (nSPS) is 10.2. The third-order valence-corrected chi connectivity index (χ3v) is 3.36. The van der Waals surface area contributed by atoms with Crippen LogP contribution in [0.1, 0.15) is 23.6 Å². The lowest BCUT2D eigenvalue weighted by Crippen LogP contribution is -2.11. The van der Waals surface area contributed by atoms with E-state index in [0.29, 0.717) is 18.4 Å². The minimum Gasteiger partial charge on any atom is -0.466 e. The van der Waals surface area contributed by atoms with Crippen molar-refractivity contribution in [2.24, 2.45) is 0 Å². The molecule has 1 aromatic rings. The largest absolute Gasteiger partial charge is 0.466 e. The molecule has 0 amide bonds. The Labute approximate surface area is 116 Å². The van der Waals surface area contributed by atoms with Crippen molar-refractivity contribution in [3.8, 4) is 0 Å². The van der Waals surface area contributed by atoms with Gasteiger partial charge in [0, 0.05) is 6.42 Å². The molecule has 1 aromatic carbocycles. The summed E-state index contributed by atoms with van der Waals surface area (Å²) in [5.41, 5.74) is 2.90.